The van der Waals surface area contributed by atoms with E-state index in [-0.39, 0.29) is 17.9 Å². The van der Waals surface area contributed by atoms with Gasteiger partial charge in [0.2, 0.25) is 5.91 Å². The molecule has 2 rings (SSSR count). The summed E-state index contributed by atoms with van der Waals surface area (Å²) in [4.78, 5) is 36.7. The number of carboxylic acid groups (broad SMARTS) is 1. The molecule has 2 amide bonds. The molecule has 23 heavy (non-hydrogen) atoms. The first-order valence-electron chi connectivity index (χ1n) is 7.86. The first-order chi connectivity index (χ1) is 11.0. The minimum atomic E-state index is -0.845. The van der Waals surface area contributed by atoms with Crippen LogP contribution >= 0.6 is 0 Å². The van der Waals surface area contributed by atoms with E-state index in [4.69, 9.17) is 5.11 Å². The second kappa shape index (κ2) is 7.76. The fourth-order valence-electron chi connectivity index (χ4n) is 2.90. The summed E-state index contributed by atoms with van der Waals surface area (Å²) >= 11 is 0. The summed E-state index contributed by atoms with van der Waals surface area (Å²) < 4.78 is 0. The van der Waals surface area contributed by atoms with Crippen LogP contribution in [0.15, 0.2) is 30.3 Å². The third-order valence-corrected chi connectivity index (χ3v) is 4.28. The molecule has 0 radical (unpaired) electrons. The maximum Gasteiger partial charge on any atom is 0.308 e. The highest BCUT2D eigenvalue weighted by atomic mass is 16.4. The van der Waals surface area contributed by atoms with Crippen molar-refractivity contribution < 1.29 is 19.5 Å². The molecule has 2 N–H and O–H groups in total. The van der Waals surface area contributed by atoms with E-state index < -0.39 is 11.9 Å². The van der Waals surface area contributed by atoms with Gasteiger partial charge < -0.3 is 15.3 Å². The standard InChI is InChI=1S/C17H22N2O4/c1-12-14(17(22)23)9-11-19(12)15(20)8-5-10-18-16(21)13-6-3-2-4-7-13/h2-4,6-7,12,14H,5,8-11H2,1H3,(H,18,21)(H,22,23). The number of carboxylic acids is 1. The van der Waals surface area contributed by atoms with E-state index in [2.05, 4.69) is 5.32 Å². The Morgan fingerprint density at radius 3 is 2.57 bits per heavy atom. The molecule has 6 heteroatoms. The fraction of sp³-hybridized carbons (Fsp3) is 0.471. The molecule has 0 aromatic heterocycles. The highest BCUT2D eigenvalue weighted by Crippen LogP contribution is 2.25. The monoisotopic (exact) mass is 318 g/mol. The number of aliphatic carboxylic acids is 1. The van der Waals surface area contributed by atoms with Crippen molar-refractivity contribution >= 4 is 17.8 Å². The molecular formula is C17H22N2O4. The van der Waals surface area contributed by atoms with E-state index >= 15 is 0 Å². The molecule has 2 unspecified atom stereocenters. The third kappa shape index (κ3) is 4.31. The van der Waals surface area contributed by atoms with Crippen LogP contribution in [0.5, 0.6) is 0 Å². The molecule has 2 atom stereocenters. The number of benzene rings is 1. The number of amides is 2. The lowest BCUT2D eigenvalue weighted by Gasteiger charge is -2.23. The number of carbonyl (C=O) groups excluding carboxylic acids is 2. The zero-order chi connectivity index (χ0) is 16.8. The summed E-state index contributed by atoms with van der Waals surface area (Å²) in [7, 11) is 0. The van der Waals surface area contributed by atoms with E-state index in [1.807, 2.05) is 6.07 Å². The van der Waals surface area contributed by atoms with Crippen molar-refractivity contribution in [3.05, 3.63) is 35.9 Å². The summed E-state index contributed by atoms with van der Waals surface area (Å²) in [6.07, 6.45) is 1.36. The number of nitrogens with one attached hydrogen (secondary N) is 1. The number of hydrogen-bond acceptors (Lipinski definition) is 3. The van der Waals surface area contributed by atoms with E-state index in [0.29, 0.717) is 37.9 Å². The number of hydrogen-bond donors (Lipinski definition) is 2. The van der Waals surface area contributed by atoms with Crippen LogP contribution in [0.2, 0.25) is 0 Å². The minimum absolute atomic E-state index is 0.0461. The van der Waals surface area contributed by atoms with Gasteiger partial charge in [-0.3, -0.25) is 14.4 Å². The predicted molar refractivity (Wildman–Crippen MR) is 84.9 cm³/mol. The van der Waals surface area contributed by atoms with Crippen molar-refractivity contribution in [2.75, 3.05) is 13.1 Å². The molecule has 0 aliphatic carbocycles. The molecule has 0 bridgehead atoms. The molecular weight excluding hydrogens is 296 g/mol. The zero-order valence-corrected chi connectivity index (χ0v) is 13.2. The summed E-state index contributed by atoms with van der Waals surface area (Å²) in [6.45, 7) is 2.69. The molecule has 1 aliphatic rings. The van der Waals surface area contributed by atoms with Crippen molar-refractivity contribution in [1.82, 2.24) is 10.2 Å². The average Bonchev–Trinajstić information content (AvgIpc) is 2.94. The van der Waals surface area contributed by atoms with Gasteiger partial charge in [-0.05, 0) is 31.9 Å². The molecule has 6 nitrogen and oxygen atoms in total. The molecule has 0 spiro atoms. The van der Waals surface area contributed by atoms with E-state index in [1.165, 1.54) is 0 Å². The van der Waals surface area contributed by atoms with Gasteiger partial charge >= 0.3 is 5.97 Å². The van der Waals surface area contributed by atoms with Crippen LogP contribution in [-0.2, 0) is 9.59 Å². The maximum atomic E-state index is 12.2. The van der Waals surface area contributed by atoms with Gasteiger partial charge in [0, 0.05) is 31.1 Å². The first kappa shape index (κ1) is 17.0. The fourth-order valence-corrected chi connectivity index (χ4v) is 2.90. The van der Waals surface area contributed by atoms with Crippen molar-refractivity contribution in [2.45, 2.75) is 32.2 Å². The Labute approximate surface area is 135 Å². The molecule has 1 saturated heterocycles. The summed E-state index contributed by atoms with van der Waals surface area (Å²) in [6, 6.07) is 8.64. The Balaban J connectivity index is 1.71. The SMILES string of the molecule is CC1C(C(=O)O)CCN1C(=O)CCCNC(=O)c1ccccc1. The number of likely N-dealkylation sites (tertiary alicyclic amines) is 1. The number of nitrogens with zero attached hydrogens (tertiary/aromatic N) is 1. The summed E-state index contributed by atoms with van der Waals surface area (Å²) in [5.74, 6) is -1.52. The van der Waals surface area contributed by atoms with Gasteiger partial charge in [-0.1, -0.05) is 18.2 Å². The number of rotatable bonds is 6. The lowest BCUT2D eigenvalue weighted by atomic mass is 10.0. The largest absolute Gasteiger partial charge is 0.481 e. The first-order valence-corrected chi connectivity index (χ1v) is 7.86. The predicted octanol–water partition coefficient (Wildman–Crippen LogP) is 1.52. The van der Waals surface area contributed by atoms with E-state index in [1.54, 1.807) is 36.1 Å². The lowest BCUT2D eigenvalue weighted by molar-refractivity contribution is -0.143. The lowest BCUT2D eigenvalue weighted by Crippen LogP contribution is -2.38. The minimum Gasteiger partial charge on any atom is -0.481 e. The van der Waals surface area contributed by atoms with Crippen molar-refractivity contribution in [3.8, 4) is 0 Å². The van der Waals surface area contributed by atoms with Gasteiger partial charge in [-0.25, -0.2) is 0 Å². The van der Waals surface area contributed by atoms with Gasteiger partial charge in [0.25, 0.3) is 5.91 Å². The van der Waals surface area contributed by atoms with Crippen LogP contribution in [0.4, 0.5) is 0 Å². The number of carbonyl (C=O) groups is 3. The maximum absolute atomic E-state index is 12.2. The zero-order valence-electron chi connectivity index (χ0n) is 13.2. The normalized spacial score (nSPS) is 20.3. The van der Waals surface area contributed by atoms with Crippen molar-refractivity contribution in [2.24, 2.45) is 5.92 Å². The molecule has 0 saturated carbocycles. The van der Waals surface area contributed by atoms with Crippen LogP contribution in [0.1, 0.15) is 36.5 Å². The highest BCUT2D eigenvalue weighted by molar-refractivity contribution is 5.94. The Kier molecular flexibility index (Phi) is 5.73. The Morgan fingerprint density at radius 2 is 1.96 bits per heavy atom. The van der Waals surface area contributed by atoms with Gasteiger partial charge in [0.1, 0.15) is 0 Å². The second-order valence-corrected chi connectivity index (χ2v) is 5.79. The van der Waals surface area contributed by atoms with Gasteiger partial charge in [0.15, 0.2) is 0 Å². The van der Waals surface area contributed by atoms with Crippen LogP contribution in [0.25, 0.3) is 0 Å². The molecule has 1 heterocycles. The van der Waals surface area contributed by atoms with E-state index in [0.717, 1.165) is 0 Å². The molecule has 1 aliphatic heterocycles. The average molecular weight is 318 g/mol. The molecule has 1 aromatic carbocycles. The van der Waals surface area contributed by atoms with Crippen LogP contribution < -0.4 is 5.32 Å². The van der Waals surface area contributed by atoms with Crippen molar-refractivity contribution in [3.63, 3.8) is 0 Å². The third-order valence-electron chi connectivity index (χ3n) is 4.28. The summed E-state index contributed by atoms with van der Waals surface area (Å²) in [5.41, 5.74) is 0.594. The molecule has 1 fully saturated rings. The molecule has 1 aromatic rings. The van der Waals surface area contributed by atoms with Gasteiger partial charge in [0.05, 0.1) is 5.92 Å². The van der Waals surface area contributed by atoms with Gasteiger partial charge in [-0.15, -0.1) is 0 Å². The van der Waals surface area contributed by atoms with Crippen molar-refractivity contribution in [1.29, 1.82) is 0 Å². The van der Waals surface area contributed by atoms with Crippen LogP contribution in [0.3, 0.4) is 0 Å². The smallest absolute Gasteiger partial charge is 0.308 e. The topological polar surface area (TPSA) is 86.7 Å². The Hall–Kier alpha value is -2.37. The van der Waals surface area contributed by atoms with Crippen LogP contribution in [0, 0.1) is 5.92 Å². The van der Waals surface area contributed by atoms with E-state index in [9.17, 15) is 14.4 Å². The quantitative estimate of drug-likeness (QED) is 0.779. The summed E-state index contributed by atoms with van der Waals surface area (Å²) in [5, 5.41) is 11.9. The molecule has 124 valence electrons. The van der Waals surface area contributed by atoms with Crippen LogP contribution in [-0.4, -0.2) is 46.9 Å². The Bertz CT molecular complexity index is 573. The highest BCUT2D eigenvalue weighted by Gasteiger charge is 2.37. The second-order valence-electron chi connectivity index (χ2n) is 5.79. The Morgan fingerprint density at radius 1 is 1.26 bits per heavy atom. The van der Waals surface area contributed by atoms with Gasteiger partial charge in [-0.2, -0.15) is 0 Å².